The van der Waals surface area contributed by atoms with E-state index in [1.807, 2.05) is 0 Å². The van der Waals surface area contributed by atoms with E-state index in [0.717, 1.165) is 69.9 Å². The van der Waals surface area contributed by atoms with E-state index in [-0.39, 0.29) is 39.3 Å². The van der Waals surface area contributed by atoms with Crippen LogP contribution in [-0.2, 0) is 27.2 Å². The van der Waals surface area contributed by atoms with Gasteiger partial charge in [0.1, 0.15) is 0 Å². The Balaban J connectivity index is 0.000000171. The zero-order chi connectivity index (χ0) is 46.1. The zero-order valence-corrected chi connectivity index (χ0v) is 35.6. The van der Waals surface area contributed by atoms with E-state index in [9.17, 15) is 51.9 Å². The van der Waals surface area contributed by atoms with E-state index in [0.29, 0.717) is 45.3 Å². The number of halogens is 2. The van der Waals surface area contributed by atoms with Gasteiger partial charge in [0.05, 0.1) is 32.2 Å². The Morgan fingerprint density at radius 1 is 0.656 bits per heavy atom. The summed E-state index contributed by atoms with van der Waals surface area (Å²) in [7, 11) is 0. The fourth-order valence-corrected chi connectivity index (χ4v) is 8.76. The molecular weight excluding hydrogens is 917 g/mol. The molecule has 2 unspecified atom stereocenters. The molecule has 64 heavy (non-hydrogen) atoms. The van der Waals surface area contributed by atoms with Crippen molar-refractivity contribution < 1.29 is 62.1 Å². The minimum atomic E-state index is -1.01. The number of rotatable bonds is 10. The van der Waals surface area contributed by atoms with Crippen molar-refractivity contribution in [3.8, 4) is 11.3 Å². The number of hydrogen-bond acceptors (Lipinski definition) is 14. The SMILES string of the molecule is O=C1NC(=O)/C(=C/c2ccc(C(=O)O)cc2)S1.O=C1NC(=O)C(Cc2ccc(C(=O)Nc3nc(-c4ccc(F)c(F)c4)cs3)cc2)S1.O=C1NC(=O)C(Cc2ccc(C(=O)O)cc2)S1. The summed E-state index contributed by atoms with van der Waals surface area (Å²) < 4.78 is 26.5. The lowest BCUT2D eigenvalue weighted by Crippen LogP contribution is -2.25. The maximum absolute atomic E-state index is 13.4. The molecule has 3 aliphatic rings. The first kappa shape index (κ1) is 46.5. The van der Waals surface area contributed by atoms with E-state index in [2.05, 4.69) is 26.3 Å². The lowest BCUT2D eigenvalue weighted by molar-refractivity contribution is -0.119. The van der Waals surface area contributed by atoms with E-state index in [1.165, 1.54) is 36.4 Å². The summed E-state index contributed by atoms with van der Waals surface area (Å²) in [6.07, 6.45) is 2.34. The van der Waals surface area contributed by atoms with Gasteiger partial charge in [-0.25, -0.2) is 23.4 Å². The Morgan fingerprint density at radius 3 is 1.62 bits per heavy atom. The van der Waals surface area contributed by atoms with Gasteiger partial charge in [0.15, 0.2) is 16.8 Å². The maximum Gasteiger partial charge on any atom is 0.335 e. The van der Waals surface area contributed by atoms with Crippen molar-refractivity contribution in [1.29, 1.82) is 0 Å². The summed E-state index contributed by atoms with van der Waals surface area (Å²) >= 11 is 3.90. The van der Waals surface area contributed by atoms with Crippen LogP contribution in [-0.4, -0.2) is 77.0 Å². The highest BCUT2D eigenvalue weighted by Gasteiger charge is 2.32. The highest BCUT2D eigenvalue weighted by molar-refractivity contribution is 8.18. The fraction of sp³-hybridized carbons (Fsp3) is 0.0952. The van der Waals surface area contributed by atoms with Crippen molar-refractivity contribution in [3.05, 3.63) is 146 Å². The second-order valence-electron chi connectivity index (χ2n) is 13.3. The van der Waals surface area contributed by atoms with Crippen LogP contribution in [0.3, 0.4) is 0 Å². The molecule has 0 saturated carbocycles. The van der Waals surface area contributed by atoms with Crippen LogP contribution in [0.4, 0.5) is 28.3 Å². The number of imide groups is 3. The highest BCUT2D eigenvalue weighted by atomic mass is 32.2. The van der Waals surface area contributed by atoms with E-state index >= 15 is 0 Å². The number of carbonyl (C=O) groups excluding carboxylic acids is 7. The molecule has 0 radical (unpaired) electrons. The number of carbonyl (C=O) groups is 9. The van der Waals surface area contributed by atoms with Gasteiger partial charge >= 0.3 is 11.9 Å². The number of thiazole rings is 1. The number of aromatic carboxylic acids is 2. The highest BCUT2D eigenvalue weighted by Crippen LogP contribution is 2.28. The van der Waals surface area contributed by atoms with Crippen molar-refractivity contribution in [2.75, 3.05) is 5.32 Å². The van der Waals surface area contributed by atoms with Crippen LogP contribution < -0.4 is 21.3 Å². The third-order valence-corrected chi connectivity index (χ3v) is 12.4. The molecule has 6 N–H and O–H groups in total. The van der Waals surface area contributed by atoms with Gasteiger partial charge < -0.3 is 10.2 Å². The van der Waals surface area contributed by atoms with Crippen molar-refractivity contribution in [1.82, 2.24) is 20.9 Å². The monoisotopic (exact) mass is 945 g/mol. The Labute approximate surface area is 376 Å². The topological polar surface area (TPSA) is 255 Å². The molecule has 3 fully saturated rings. The van der Waals surface area contributed by atoms with Gasteiger partial charge in [0.25, 0.3) is 27.5 Å². The first-order valence-electron chi connectivity index (χ1n) is 18.3. The molecule has 8 rings (SSSR count). The average molecular weight is 946 g/mol. The van der Waals surface area contributed by atoms with Crippen LogP contribution in [0.25, 0.3) is 17.3 Å². The van der Waals surface area contributed by atoms with Gasteiger partial charge in [-0.3, -0.25) is 54.8 Å². The normalized spacial score (nSPS) is 17.1. The quantitative estimate of drug-likeness (QED) is 0.0756. The molecule has 3 aliphatic heterocycles. The van der Waals surface area contributed by atoms with Crippen LogP contribution in [0.2, 0.25) is 0 Å². The van der Waals surface area contributed by atoms with Crippen molar-refractivity contribution in [2.24, 2.45) is 0 Å². The zero-order valence-electron chi connectivity index (χ0n) is 32.3. The summed E-state index contributed by atoms with van der Waals surface area (Å²) in [6, 6.07) is 22.5. The Hall–Kier alpha value is -7.01. The molecular formula is C42H29F2N5O11S4. The predicted octanol–water partition coefficient (Wildman–Crippen LogP) is 7.22. The second kappa shape index (κ2) is 20.9. The molecule has 4 heterocycles. The van der Waals surface area contributed by atoms with Crippen LogP contribution in [0.5, 0.6) is 0 Å². The Morgan fingerprint density at radius 2 is 1.17 bits per heavy atom. The lowest BCUT2D eigenvalue weighted by Gasteiger charge is -2.07. The smallest absolute Gasteiger partial charge is 0.335 e. The minimum Gasteiger partial charge on any atom is -0.478 e. The maximum atomic E-state index is 13.4. The number of hydrogen-bond donors (Lipinski definition) is 6. The van der Waals surface area contributed by atoms with Gasteiger partial charge in [-0.2, -0.15) is 0 Å². The van der Waals surface area contributed by atoms with E-state index < -0.39 is 45.2 Å². The molecule has 4 aromatic carbocycles. The van der Waals surface area contributed by atoms with Crippen molar-refractivity contribution in [2.45, 2.75) is 23.3 Å². The molecule has 0 bridgehead atoms. The molecule has 3 saturated heterocycles. The Bertz CT molecular complexity index is 2730. The number of aromatic nitrogens is 1. The fourth-order valence-electron chi connectivity index (χ4n) is 5.64. The van der Waals surface area contributed by atoms with Crippen LogP contribution in [0.1, 0.15) is 47.8 Å². The number of carboxylic acid groups (broad SMARTS) is 2. The van der Waals surface area contributed by atoms with Gasteiger partial charge in [0.2, 0.25) is 11.8 Å². The number of amides is 7. The number of thioether (sulfide) groups is 3. The summed E-state index contributed by atoms with van der Waals surface area (Å²) in [5.41, 5.74) is 3.92. The number of nitrogens with zero attached hydrogens (tertiary/aromatic N) is 1. The Kier molecular flexibility index (Phi) is 15.2. The molecule has 7 amide bonds. The number of carboxylic acids is 2. The molecule has 0 spiro atoms. The largest absolute Gasteiger partial charge is 0.478 e. The van der Waals surface area contributed by atoms with Gasteiger partial charge in [-0.15, -0.1) is 11.3 Å². The van der Waals surface area contributed by atoms with Gasteiger partial charge in [-0.05, 0) is 102 Å². The number of nitrogens with one attached hydrogen (secondary N) is 4. The third-order valence-electron chi connectivity index (χ3n) is 8.83. The third kappa shape index (κ3) is 12.6. The van der Waals surface area contributed by atoms with Crippen LogP contribution >= 0.6 is 46.6 Å². The van der Waals surface area contributed by atoms with Crippen LogP contribution in [0.15, 0.2) is 101 Å². The van der Waals surface area contributed by atoms with Crippen molar-refractivity contribution >= 4 is 109 Å². The van der Waals surface area contributed by atoms with Crippen LogP contribution in [0, 0.1) is 11.6 Å². The summed E-state index contributed by atoms with van der Waals surface area (Å²) in [5, 5.41) is 26.7. The molecule has 0 aliphatic carbocycles. The average Bonchev–Trinajstić information content (AvgIpc) is 4.02. The molecule has 5 aromatic rings. The molecule has 22 heteroatoms. The molecule has 1 aromatic heterocycles. The summed E-state index contributed by atoms with van der Waals surface area (Å²) in [5.74, 6) is -5.31. The first-order valence-corrected chi connectivity index (χ1v) is 21.7. The van der Waals surface area contributed by atoms with Crippen molar-refractivity contribution in [3.63, 3.8) is 0 Å². The summed E-state index contributed by atoms with van der Waals surface area (Å²) in [4.78, 5) is 106. The standard InChI is InChI=1S/C20H13F2N3O3S2.C11H9NO4S.C11H7NO4S/c21-13-6-5-12(8-14(13)22)15-9-29-19(23-15)24-17(26)11-3-1-10(2-4-11)7-16-18(27)25-20(28)30-16;2*13-9-8(17-11(16)12-9)5-6-1-3-7(4-2-6)10(14)15/h1-6,8-9,16H,7H2,(H,23,24,26)(H,25,27,28);1-4,8H,5H2,(H,14,15)(H,12,13,16);1-5H,(H,14,15)(H,12,13,16)/b;;8-5-. The second-order valence-corrected chi connectivity index (χ2v) is 17.5. The lowest BCUT2D eigenvalue weighted by atomic mass is 10.1. The molecule has 16 nitrogen and oxygen atoms in total. The predicted molar refractivity (Wildman–Crippen MR) is 235 cm³/mol. The van der Waals surface area contributed by atoms with Gasteiger partial charge in [0, 0.05) is 16.5 Å². The molecule has 2 atom stereocenters. The van der Waals surface area contributed by atoms with Gasteiger partial charge in [-0.1, -0.05) is 59.9 Å². The minimum absolute atomic E-state index is 0.173. The summed E-state index contributed by atoms with van der Waals surface area (Å²) in [6.45, 7) is 0. The van der Waals surface area contributed by atoms with E-state index in [1.54, 1.807) is 53.9 Å². The number of benzene rings is 4. The van der Waals surface area contributed by atoms with E-state index in [4.69, 9.17) is 10.2 Å². The molecule has 326 valence electrons. The number of anilines is 1. The first-order chi connectivity index (χ1) is 30.5.